The number of ketones is 2. The van der Waals surface area contributed by atoms with Gasteiger partial charge in [-0.3, -0.25) is 24.2 Å². The van der Waals surface area contributed by atoms with Crippen LogP contribution in [0.2, 0.25) is 5.02 Å². The molecule has 3 aromatic rings. The van der Waals surface area contributed by atoms with E-state index in [0.717, 1.165) is 0 Å². The average molecular weight is 518 g/mol. The number of amides is 2. The minimum Gasteiger partial charge on any atom is -0.382 e. The van der Waals surface area contributed by atoms with Crippen molar-refractivity contribution < 1.29 is 19.2 Å². The van der Waals surface area contributed by atoms with Crippen molar-refractivity contribution in [2.24, 2.45) is 5.92 Å². The summed E-state index contributed by atoms with van der Waals surface area (Å²) < 4.78 is 0. The second-order valence-electron chi connectivity index (χ2n) is 9.03. The second kappa shape index (κ2) is 10.5. The maximum absolute atomic E-state index is 13.3. The highest BCUT2D eigenvalue weighted by Crippen LogP contribution is 2.39. The predicted octanol–water partition coefficient (Wildman–Crippen LogP) is 3.58. The Balaban J connectivity index is 1.27. The van der Waals surface area contributed by atoms with E-state index in [1.807, 2.05) is 18.2 Å². The van der Waals surface area contributed by atoms with E-state index in [1.54, 1.807) is 30.5 Å². The number of halogens is 1. The summed E-state index contributed by atoms with van der Waals surface area (Å²) in [5, 5.41) is 5.97. The topological polar surface area (TPSA) is 121 Å². The van der Waals surface area contributed by atoms with Gasteiger partial charge in [-0.15, -0.1) is 0 Å². The Kier molecular flexibility index (Phi) is 6.96. The molecule has 0 spiro atoms. The molecule has 188 valence electrons. The van der Waals surface area contributed by atoms with E-state index >= 15 is 0 Å². The Morgan fingerprint density at radius 2 is 1.76 bits per heavy atom. The Morgan fingerprint density at radius 1 is 1.00 bits per heavy atom. The van der Waals surface area contributed by atoms with Crippen molar-refractivity contribution in [3.63, 3.8) is 0 Å². The predicted molar refractivity (Wildman–Crippen MR) is 138 cm³/mol. The number of piperidine rings is 1. The van der Waals surface area contributed by atoms with Gasteiger partial charge in [0.05, 0.1) is 28.5 Å². The van der Waals surface area contributed by atoms with Crippen molar-refractivity contribution >= 4 is 46.4 Å². The van der Waals surface area contributed by atoms with Crippen molar-refractivity contribution in [2.45, 2.75) is 18.8 Å². The zero-order valence-corrected chi connectivity index (χ0v) is 20.6. The summed E-state index contributed by atoms with van der Waals surface area (Å²) in [5.41, 5.74) is 1.95. The van der Waals surface area contributed by atoms with Crippen molar-refractivity contribution in [3.05, 3.63) is 82.9 Å². The number of fused-ring (bicyclic) bond motifs is 1. The number of Topliss-reactive ketones (excluding diaryl/α,β-unsaturated/α-hetero) is 2. The van der Waals surface area contributed by atoms with Crippen LogP contribution in [0, 0.1) is 5.92 Å². The summed E-state index contributed by atoms with van der Waals surface area (Å²) in [7, 11) is 0. The fourth-order valence-electron chi connectivity index (χ4n) is 4.84. The van der Waals surface area contributed by atoms with Crippen LogP contribution in [0.25, 0.3) is 0 Å². The van der Waals surface area contributed by atoms with E-state index in [9.17, 15) is 19.2 Å². The van der Waals surface area contributed by atoms with E-state index in [2.05, 4.69) is 20.6 Å². The first-order chi connectivity index (χ1) is 17.9. The summed E-state index contributed by atoms with van der Waals surface area (Å²) in [6, 6.07) is 12.5. The number of nitrogens with zero attached hydrogens (tertiary/aromatic N) is 3. The minimum atomic E-state index is -0.841. The summed E-state index contributed by atoms with van der Waals surface area (Å²) in [6.45, 7) is 0.773. The summed E-state index contributed by atoms with van der Waals surface area (Å²) in [5.74, 6) is -2.67. The Bertz CT molecular complexity index is 1360. The van der Waals surface area contributed by atoms with Gasteiger partial charge in [0.2, 0.25) is 5.78 Å². The van der Waals surface area contributed by atoms with Gasteiger partial charge in [-0.2, -0.15) is 0 Å². The van der Waals surface area contributed by atoms with E-state index in [0.29, 0.717) is 48.4 Å². The fourth-order valence-corrected chi connectivity index (χ4v) is 5.11. The molecular formula is C27H24ClN5O4. The molecular weight excluding hydrogens is 494 g/mol. The third-order valence-electron chi connectivity index (χ3n) is 6.77. The molecule has 10 heteroatoms. The normalized spacial score (nSPS) is 17.0. The molecule has 5 rings (SSSR count). The molecule has 2 amide bonds. The maximum Gasteiger partial charge on any atom is 0.290 e. The average Bonchev–Trinajstić information content (AvgIpc) is 3.39. The van der Waals surface area contributed by atoms with Gasteiger partial charge < -0.3 is 15.5 Å². The van der Waals surface area contributed by atoms with Crippen LogP contribution in [0.4, 0.5) is 11.4 Å². The van der Waals surface area contributed by atoms with Crippen LogP contribution in [-0.4, -0.2) is 57.9 Å². The molecule has 1 aromatic carbocycles. The van der Waals surface area contributed by atoms with Gasteiger partial charge in [-0.05, 0) is 25.0 Å². The van der Waals surface area contributed by atoms with E-state index in [-0.39, 0.29) is 29.0 Å². The van der Waals surface area contributed by atoms with Gasteiger partial charge in [0.25, 0.3) is 11.8 Å². The van der Waals surface area contributed by atoms with Crippen molar-refractivity contribution in [2.75, 3.05) is 30.3 Å². The Labute approximate surface area is 218 Å². The van der Waals surface area contributed by atoms with Crippen molar-refractivity contribution in [1.82, 2.24) is 14.9 Å². The number of carbonyl (C=O) groups excluding carboxylic acids is 4. The number of carbonyl (C=O) groups is 4. The summed E-state index contributed by atoms with van der Waals surface area (Å²) >= 11 is 6.39. The number of benzene rings is 1. The maximum atomic E-state index is 13.3. The lowest BCUT2D eigenvalue weighted by molar-refractivity contribution is -0.146. The molecule has 4 heterocycles. The zero-order chi connectivity index (χ0) is 25.9. The molecule has 2 aliphatic rings. The van der Waals surface area contributed by atoms with Crippen LogP contribution in [0.1, 0.15) is 45.2 Å². The first-order valence-electron chi connectivity index (χ1n) is 12.0. The highest BCUT2D eigenvalue weighted by atomic mass is 35.5. The highest BCUT2D eigenvalue weighted by molar-refractivity contribution is 6.40. The molecule has 1 fully saturated rings. The fraction of sp³-hybridized carbons (Fsp3) is 0.259. The van der Waals surface area contributed by atoms with Crippen LogP contribution >= 0.6 is 11.6 Å². The van der Waals surface area contributed by atoms with Crippen LogP contribution in [0.15, 0.2) is 61.1 Å². The largest absolute Gasteiger partial charge is 0.382 e. The number of rotatable bonds is 6. The number of pyridine rings is 2. The van der Waals surface area contributed by atoms with Gasteiger partial charge >= 0.3 is 0 Å². The molecule has 2 aromatic heterocycles. The van der Waals surface area contributed by atoms with Gasteiger partial charge in [0.1, 0.15) is 0 Å². The first kappa shape index (κ1) is 24.6. The molecule has 1 unspecified atom stereocenters. The zero-order valence-electron chi connectivity index (χ0n) is 19.8. The lowest BCUT2D eigenvalue weighted by atomic mass is 9.88. The lowest BCUT2D eigenvalue weighted by Crippen LogP contribution is -2.45. The molecule has 2 N–H and O–H groups in total. The van der Waals surface area contributed by atoms with E-state index in [1.165, 1.54) is 17.3 Å². The van der Waals surface area contributed by atoms with Gasteiger partial charge in [-0.1, -0.05) is 41.9 Å². The number of likely N-dealkylation sites (tertiary alicyclic amines) is 1. The first-order valence-corrected chi connectivity index (χ1v) is 12.4. The second-order valence-corrected chi connectivity index (χ2v) is 9.44. The summed E-state index contributed by atoms with van der Waals surface area (Å²) in [6.07, 6.45) is 5.40. The molecule has 1 atom stereocenters. The number of anilines is 2. The molecule has 0 radical (unpaired) electrons. The monoisotopic (exact) mass is 517 g/mol. The molecule has 0 bridgehead atoms. The molecule has 0 aliphatic carbocycles. The SMILES string of the molecule is O=C(Nc1cccnc1)c1ncc(Cl)c2c1NCC2C(=O)C(=O)N1CCC(C(=O)c2ccccc2)CC1. The van der Waals surface area contributed by atoms with E-state index in [4.69, 9.17) is 11.6 Å². The third kappa shape index (κ3) is 4.95. The van der Waals surface area contributed by atoms with Gasteiger partial charge in [0, 0.05) is 49.1 Å². The van der Waals surface area contributed by atoms with Gasteiger partial charge in [0.15, 0.2) is 11.5 Å². The molecule has 0 saturated carbocycles. The van der Waals surface area contributed by atoms with Crippen LogP contribution < -0.4 is 10.6 Å². The van der Waals surface area contributed by atoms with Crippen molar-refractivity contribution in [1.29, 1.82) is 0 Å². The molecule has 37 heavy (non-hydrogen) atoms. The minimum absolute atomic E-state index is 0.0596. The number of nitrogens with one attached hydrogen (secondary N) is 2. The Morgan fingerprint density at radius 3 is 2.46 bits per heavy atom. The summed E-state index contributed by atoms with van der Waals surface area (Å²) in [4.78, 5) is 61.7. The van der Waals surface area contributed by atoms with Crippen molar-refractivity contribution in [3.8, 4) is 0 Å². The van der Waals surface area contributed by atoms with Crippen LogP contribution in [-0.2, 0) is 9.59 Å². The highest BCUT2D eigenvalue weighted by Gasteiger charge is 2.40. The smallest absolute Gasteiger partial charge is 0.290 e. The Hall–Kier alpha value is -4.11. The standard InChI is InChI=1S/C27H24ClN5O4/c28-20-15-31-23(26(36)32-18-7-4-10-29-13-18)22-21(20)19(14-30-22)25(35)27(37)33-11-8-17(9-12-33)24(34)16-5-2-1-3-6-16/h1-7,10,13,15,17,19,30H,8-9,11-12,14H2,(H,32,36). The quantitative estimate of drug-likeness (QED) is 0.378. The number of aromatic nitrogens is 2. The third-order valence-corrected chi connectivity index (χ3v) is 7.08. The van der Waals surface area contributed by atoms with Gasteiger partial charge in [-0.25, -0.2) is 4.98 Å². The number of hydrogen-bond acceptors (Lipinski definition) is 7. The van der Waals surface area contributed by atoms with E-state index < -0.39 is 23.5 Å². The molecule has 9 nitrogen and oxygen atoms in total. The molecule has 1 saturated heterocycles. The molecule has 2 aliphatic heterocycles. The number of hydrogen-bond donors (Lipinski definition) is 2. The lowest BCUT2D eigenvalue weighted by Gasteiger charge is -2.31. The van der Waals surface area contributed by atoms with Crippen LogP contribution in [0.3, 0.4) is 0 Å². The van der Waals surface area contributed by atoms with Crippen LogP contribution in [0.5, 0.6) is 0 Å².